The van der Waals surface area contributed by atoms with Crippen LogP contribution in [0.2, 0.25) is 0 Å². The minimum absolute atomic E-state index is 0.810. The largest absolute Gasteiger partial charge is 0.496 e. The predicted octanol–water partition coefficient (Wildman–Crippen LogP) is 2.95. The lowest BCUT2D eigenvalue weighted by Gasteiger charge is -2.13. The van der Waals surface area contributed by atoms with Crippen LogP contribution in [0.25, 0.3) is 0 Å². The zero-order valence-electron chi connectivity index (χ0n) is 14.8. The van der Waals surface area contributed by atoms with Crippen LogP contribution < -0.4 is 15.4 Å². The van der Waals surface area contributed by atoms with Crippen molar-refractivity contribution in [2.24, 2.45) is 4.99 Å². The fourth-order valence-electron chi connectivity index (χ4n) is 2.64. The molecule has 0 aliphatic carbocycles. The summed E-state index contributed by atoms with van der Waals surface area (Å²) in [5.41, 5.74) is 3.83. The summed E-state index contributed by atoms with van der Waals surface area (Å²) in [6.45, 7) is 3.79. The molecule has 0 radical (unpaired) electrons. The molecule has 0 aliphatic heterocycles. The van der Waals surface area contributed by atoms with Crippen molar-refractivity contribution >= 4 is 5.96 Å². The third-order valence-corrected chi connectivity index (χ3v) is 3.89. The van der Waals surface area contributed by atoms with Crippen LogP contribution >= 0.6 is 0 Å². The number of aryl methyl sites for hydroxylation is 1. The van der Waals surface area contributed by atoms with E-state index in [4.69, 9.17) is 4.74 Å². The van der Waals surface area contributed by atoms with Gasteiger partial charge in [-0.3, -0.25) is 4.99 Å². The Hall–Kier alpha value is -2.49. The molecular weight excluding hydrogens is 298 g/mol. The van der Waals surface area contributed by atoms with Crippen molar-refractivity contribution in [2.75, 3.05) is 27.2 Å². The van der Waals surface area contributed by atoms with Gasteiger partial charge in [0, 0.05) is 20.1 Å². The number of guanidine groups is 1. The van der Waals surface area contributed by atoms with Gasteiger partial charge in [-0.1, -0.05) is 48.0 Å². The summed E-state index contributed by atoms with van der Waals surface area (Å²) in [7, 11) is 3.50. The standard InChI is InChI=1S/C20H27N3O/c1-16-7-6-8-17(15-16)11-13-22-20(21-2)23-14-12-18-9-4-5-10-19(18)24-3/h4-10,15H,11-14H2,1-3H3,(H2,21,22,23). The Morgan fingerprint density at radius 1 is 1.00 bits per heavy atom. The van der Waals surface area contributed by atoms with E-state index in [2.05, 4.69) is 52.9 Å². The Bertz CT molecular complexity index is 667. The normalized spacial score (nSPS) is 11.2. The Balaban J connectivity index is 1.74. The van der Waals surface area contributed by atoms with E-state index in [1.54, 1.807) is 14.2 Å². The molecule has 0 aromatic heterocycles. The highest BCUT2D eigenvalue weighted by molar-refractivity contribution is 5.79. The van der Waals surface area contributed by atoms with Crippen LogP contribution in [0, 0.1) is 6.92 Å². The zero-order chi connectivity index (χ0) is 17.2. The van der Waals surface area contributed by atoms with E-state index in [1.165, 1.54) is 16.7 Å². The molecule has 0 unspecified atom stereocenters. The minimum Gasteiger partial charge on any atom is -0.496 e. The molecule has 0 bridgehead atoms. The van der Waals surface area contributed by atoms with Gasteiger partial charge in [-0.2, -0.15) is 0 Å². The lowest BCUT2D eigenvalue weighted by Crippen LogP contribution is -2.39. The van der Waals surface area contributed by atoms with Gasteiger partial charge in [-0.05, 0) is 37.0 Å². The van der Waals surface area contributed by atoms with Crippen molar-refractivity contribution in [3.63, 3.8) is 0 Å². The topological polar surface area (TPSA) is 45.7 Å². The molecule has 4 heteroatoms. The molecule has 0 aliphatic rings. The van der Waals surface area contributed by atoms with E-state index in [0.29, 0.717) is 0 Å². The monoisotopic (exact) mass is 325 g/mol. The highest BCUT2D eigenvalue weighted by Gasteiger charge is 2.02. The van der Waals surface area contributed by atoms with Gasteiger partial charge < -0.3 is 15.4 Å². The lowest BCUT2D eigenvalue weighted by molar-refractivity contribution is 0.409. The van der Waals surface area contributed by atoms with Crippen LogP contribution in [0.1, 0.15) is 16.7 Å². The number of hydrogen-bond donors (Lipinski definition) is 2. The second-order valence-electron chi connectivity index (χ2n) is 5.73. The van der Waals surface area contributed by atoms with Crippen molar-refractivity contribution in [3.05, 3.63) is 65.2 Å². The molecule has 2 rings (SSSR count). The first-order chi connectivity index (χ1) is 11.7. The second kappa shape index (κ2) is 9.60. The Morgan fingerprint density at radius 3 is 2.46 bits per heavy atom. The first-order valence-corrected chi connectivity index (χ1v) is 8.35. The van der Waals surface area contributed by atoms with E-state index < -0.39 is 0 Å². The number of benzene rings is 2. The summed E-state index contributed by atoms with van der Waals surface area (Å²) >= 11 is 0. The maximum Gasteiger partial charge on any atom is 0.190 e. The summed E-state index contributed by atoms with van der Waals surface area (Å²) < 4.78 is 5.38. The van der Waals surface area contributed by atoms with E-state index in [0.717, 1.165) is 37.6 Å². The van der Waals surface area contributed by atoms with Crippen molar-refractivity contribution in [1.82, 2.24) is 10.6 Å². The quantitative estimate of drug-likeness (QED) is 0.608. The number of nitrogens with one attached hydrogen (secondary N) is 2. The highest BCUT2D eigenvalue weighted by atomic mass is 16.5. The van der Waals surface area contributed by atoms with Gasteiger partial charge in [0.2, 0.25) is 0 Å². The molecular formula is C20H27N3O. The molecule has 0 fully saturated rings. The van der Waals surface area contributed by atoms with Crippen LogP contribution in [-0.2, 0) is 12.8 Å². The molecule has 0 heterocycles. The van der Waals surface area contributed by atoms with Crippen molar-refractivity contribution in [1.29, 1.82) is 0 Å². The average molecular weight is 325 g/mol. The zero-order valence-corrected chi connectivity index (χ0v) is 14.8. The summed E-state index contributed by atoms with van der Waals surface area (Å²) in [6.07, 6.45) is 1.87. The molecule has 0 atom stereocenters. The minimum atomic E-state index is 0.810. The molecule has 0 spiro atoms. The summed E-state index contributed by atoms with van der Waals surface area (Å²) in [4.78, 5) is 4.27. The van der Waals surface area contributed by atoms with Gasteiger partial charge in [-0.15, -0.1) is 0 Å². The van der Waals surface area contributed by atoms with Crippen LogP contribution in [-0.4, -0.2) is 33.2 Å². The number of rotatable bonds is 7. The van der Waals surface area contributed by atoms with Crippen LogP contribution in [0.15, 0.2) is 53.5 Å². The number of para-hydroxylation sites is 1. The smallest absolute Gasteiger partial charge is 0.190 e. The van der Waals surface area contributed by atoms with E-state index >= 15 is 0 Å². The molecule has 4 nitrogen and oxygen atoms in total. The van der Waals surface area contributed by atoms with Gasteiger partial charge in [0.05, 0.1) is 7.11 Å². The number of hydrogen-bond acceptors (Lipinski definition) is 2. The van der Waals surface area contributed by atoms with Gasteiger partial charge in [0.25, 0.3) is 0 Å². The van der Waals surface area contributed by atoms with Crippen LogP contribution in [0.3, 0.4) is 0 Å². The van der Waals surface area contributed by atoms with Crippen LogP contribution in [0.5, 0.6) is 5.75 Å². The molecule has 128 valence electrons. The van der Waals surface area contributed by atoms with Gasteiger partial charge >= 0.3 is 0 Å². The van der Waals surface area contributed by atoms with Gasteiger partial charge in [-0.25, -0.2) is 0 Å². The maximum absolute atomic E-state index is 5.38. The molecule has 2 N–H and O–H groups in total. The van der Waals surface area contributed by atoms with E-state index in [-0.39, 0.29) is 0 Å². The summed E-state index contributed by atoms with van der Waals surface area (Å²) in [5.74, 6) is 1.76. The Morgan fingerprint density at radius 2 is 1.75 bits per heavy atom. The SMILES string of the molecule is CN=C(NCCc1cccc(C)c1)NCCc1ccccc1OC. The Labute approximate surface area is 145 Å². The molecule has 0 amide bonds. The lowest BCUT2D eigenvalue weighted by atomic mass is 10.1. The van der Waals surface area contributed by atoms with E-state index in [9.17, 15) is 0 Å². The summed E-state index contributed by atoms with van der Waals surface area (Å²) in [6, 6.07) is 16.7. The fraction of sp³-hybridized carbons (Fsp3) is 0.350. The summed E-state index contributed by atoms with van der Waals surface area (Å²) in [5, 5.41) is 6.71. The van der Waals surface area contributed by atoms with Gasteiger partial charge in [0.15, 0.2) is 5.96 Å². The first kappa shape index (κ1) is 17.9. The Kier molecular flexibility index (Phi) is 7.15. The average Bonchev–Trinajstić information content (AvgIpc) is 2.61. The number of ether oxygens (including phenoxy) is 1. The number of aliphatic imine (C=N–C) groups is 1. The van der Waals surface area contributed by atoms with Crippen LogP contribution in [0.4, 0.5) is 0 Å². The third-order valence-electron chi connectivity index (χ3n) is 3.89. The molecule has 2 aromatic rings. The van der Waals surface area contributed by atoms with E-state index in [1.807, 2.05) is 18.2 Å². The molecule has 0 saturated heterocycles. The van der Waals surface area contributed by atoms with Gasteiger partial charge in [0.1, 0.15) is 5.75 Å². The molecule has 2 aromatic carbocycles. The second-order valence-corrected chi connectivity index (χ2v) is 5.73. The fourth-order valence-corrected chi connectivity index (χ4v) is 2.64. The predicted molar refractivity (Wildman–Crippen MR) is 101 cm³/mol. The van der Waals surface area contributed by atoms with Crippen molar-refractivity contribution < 1.29 is 4.74 Å². The first-order valence-electron chi connectivity index (χ1n) is 8.35. The molecule has 0 saturated carbocycles. The number of methoxy groups -OCH3 is 1. The highest BCUT2D eigenvalue weighted by Crippen LogP contribution is 2.17. The molecule has 24 heavy (non-hydrogen) atoms. The maximum atomic E-state index is 5.38. The number of nitrogens with zero attached hydrogens (tertiary/aromatic N) is 1. The van der Waals surface area contributed by atoms with Crippen molar-refractivity contribution in [2.45, 2.75) is 19.8 Å². The van der Waals surface area contributed by atoms with Crippen molar-refractivity contribution in [3.8, 4) is 5.75 Å². The third kappa shape index (κ3) is 5.61.